The predicted molar refractivity (Wildman–Crippen MR) is 81.6 cm³/mol. The van der Waals surface area contributed by atoms with Crippen molar-refractivity contribution in [3.8, 4) is 0 Å². The molecule has 19 heavy (non-hydrogen) atoms. The van der Waals surface area contributed by atoms with E-state index in [1.165, 1.54) is 0 Å². The van der Waals surface area contributed by atoms with Gasteiger partial charge in [-0.15, -0.1) is 11.6 Å². The number of halogens is 1. The average molecular weight is 303 g/mol. The van der Waals surface area contributed by atoms with Gasteiger partial charge in [-0.1, -0.05) is 31.5 Å². The molecule has 0 N–H and O–H groups in total. The van der Waals surface area contributed by atoms with Crippen molar-refractivity contribution in [2.45, 2.75) is 50.8 Å². The monoisotopic (exact) mass is 302 g/mol. The minimum absolute atomic E-state index is 0.110. The Bertz CT molecular complexity index is 522. The molecule has 0 saturated carbocycles. The predicted octanol–water partition coefficient (Wildman–Crippen LogP) is 4.20. The van der Waals surface area contributed by atoms with E-state index in [1.807, 2.05) is 46.8 Å². The van der Waals surface area contributed by atoms with Crippen molar-refractivity contribution in [3.05, 3.63) is 29.8 Å². The molecule has 108 valence electrons. The summed E-state index contributed by atoms with van der Waals surface area (Å²) in [6.07, 6.45) is 0.645. The van der Waals surface area contributed by atoms with Crippen LogP contribution in [0, 0.1) is 12.3 Å². The summed E-state index contributed by atoms with van der Waals surface area (Å²) >= 11 is 6.22. The molecule has 0 heterocycles. The Labute approximate surface area is 122 Å². The maximum absolute atomic E-state index is 12.4. The normalized spacial score (nSPS) is 13.6. The molecular weight excluding hydrogens is 280 g/mol. The van der Waals surface area contributed by atoms with Crippen LogP contribution in [0.3, 0.4) is 0 Å². The minimum atomic E-state index is -3.27. The molecule has 1 aromatic rings. The van der Waals surface area contributed by atoms with Gasteiger partial charge in [0.05, 0.1) is 10.6 Å². The largest absolute Gasteiger partial charge is 0.224 e. The molecule has 0 aliphatic rings. The molecule has 1 aromatic carbocycles. The number of sulfone groups is 1. The summed E-state index contributed by atoms with van der Waals surface area (Å²) < 4.78 is 24.8. The number of benzene rings is 1. The van der Waals surface area contributed by atoms with Gasteiger partial charge in [-0.05, 0) is 44.7 Å². The molecule has 0 saturated heterocycles. The number of hydrogen-bond donors (Lipinski definition) is 0. The molecule has 2 nitrogen and oxygen atoms in total. The lowest BCUT2D eigenvalue weighted by atomic mass is 9.85. The fraction of sp³-hybridized carbons (Fsp3) is 0.600. The molecule has 0 atom stereocenters. The van der Waals surface area contributed by atoms with Crippen LogP contribution in [0.25, 0.3) is 0 Å². The van der Waals surface area contributed by atoms with E-state index in [-0.39, 0.29) is 11.2 Å². The maximum atomic E-state index is 12.4. The Morgan fingerprint density at radius 3 is 1.95 bits per heavy atom. The number of alkyl halides is 1. The van der Waals surface area contributed by atoms with Crippen LogP contribution < -0.4 is 0 Å². The van der Waals surface area contributed by atoms with Crippen LogP contribution in [0.5, 0.6) is 0 Å². The summed E-state index contributed by atoms with van der Waals surface area (Å²) in [6.45, 7) is 9.66. The van der Waals surface area contributed by atoms with Crippen molar-refractivity contribution in [3.63, 3.8) is 0 Å². The molecule has 4 heteroatoms. The van der Waals surface area contributed by atoms with E-state index >= 15 is 0 Å². The highest BCUT2D eigenvalue weighted by atomic mass is 35.5. The maximum Gasteiger partial charge on any atom is 0.178 e. The Morgan fingerprint density at radius 1 is 1.05 bits per heavy atom. The molecule has 0 radical (unpaired) electrons. The van der Waals surface area contributed by atoms with E-state index in [2.05, 4.69) is 0 Å². The van der Waals surface area contributed by atoms with Gasteiger partial charge in [-0.3, -0.25) is 0 Å². The molecule has 0 aromatic heterocycles. The molecule has 1 rings (SSSR count). The summed E-state index contributed by atoms with van der Waals surface area (Å²) in [7, 11) is -3.27. The second-order valence-corrected chi connectivity index (χ2v) is 9.64. The van der Waals surface area contributed by atoms with E-state index in [0.29, 0.717) is 11.3 Å². The first-order valence-electron chi connectivity index (χ1n) is 6.40. The second-order valence-electron chi connectivity index (χ2n) is 6.63. The molecule has 0 aliphatic heterocycles. The topological polar surface area (TPSA) is 34.1 Å². The third-order valence-corrected chi connectivity index (χ3v) is 5.15. The molecule has 0 aliphatic carbocycles. The van der Waals surface area contributed by atoms with Crippen molar-refractivity contribution in [1.82, 2.24) is 0 Å². The molecule has 0 bridgehead atoms. The zero-order chi connectivity index (χ0) is 14.9. The van der Waals surface area contributed by atoms with Gasteiger partial charge >= 0.3 is 0 Å². The summed E-state index contributed by atoms with van der Waals surface area (Å²) in [5.74, 6) is 0.110. The molecule has 0 spiro atoms. The third-order valence-electron chi connectivity index (χ3n) is 2.86. The Kier molecular flexibility index (Phi) is 4.74. The molecular formula is C15H23ClO2S. The summed E-state index contributed by atoms with van der Waals surface area (Å²) in [5, 5.41) is 0. The van der Waals surface area contributed by atoms with Crippen LogP contribution in [0.2, 0.25) is 0 Å². The van der Waals surface area contributed by atoms with Gasteiger partial charge in [-0.25, -0.2) is 8.42 Å². The average Bonchev–Trinajstić information content (AvgIpc) is 2.11. The van der Waals surface area contributed by atoms with Crippen molar-refractivity contribution < 1.29 is 8.42 Å². The SMILES string of the molecule is Cc1ccc(S(=O)(=O)CC(C)(C)CC(C)(C)Cl)cc1. The van der Waals surface area contributed by atoms with E-state index in [0.717, 1.165) is 5.56 Å². The Balaban J connectivity index is 2.94. The van der Waals surface area contributed by atoms with Gasteiger partial charge in [0.15, 0.2) is 9.84 Å². The van der Waals surface area contributed by atoms with Crippen LogP contribution in [-0.4, -0.2) is 19.0 Å². The summed E-state index contributed by atoms with van der Waals surface area (Å²) in [4.78, 5) is -0.00898. The highest BCUT2D eigenvalue weighted by Crippen LogP contribution is 2.34. The van der Waals surface area contributed by atoms with Gasteiger partial charge < -0.3 is 0 Å². The van der Waals surface area contributed by atoms with Crippen LogP contribution in [0.15, 0.2) is 29.2 Å². The Morgan fingerprint density at radius 2 is 1.53 bits per heavy atom. The first-order chi connectivity index (χ1) is 8.41. The molecule has 0 fully saturated rings. The highest BCUT2D eigenvalue weighted by Gasteiger charge is 2.32. The lowest BCUT2D eigenvalue weighted by molar-refractivity contribution is 0.337. The number of rotatable bonds is 5. The van der Waals surface area contributed by atoms with Gasteiger partial charge in [0.2, 0.25) is 0 Å². The second kappa shape index (κ2) is 5.45. The fourth-order valence-electron chi connectivity index (χ4n) is 2.53. The van der Waals surface area contributed by atoms with E-state index < -0.39 is 14.7 Å². The van der Waals surface area contributed by atoms with Crippen molar-refractivity contribution in [2.24, 2.45) is 5.41 Å². The number of hydrogen-bond acceptors (Lipinski definition) is 2. The van der Waals surface area contributed by atoms with E-state index in [4.69, 9.17) is 11.6 Å². The molecule has 0 amide bonds. The van der Waals surface area contributed by atoms with Gasteiger partial charge in [0.1, 0.15) is 0 Å². The standard InChI is InChI=1S/C15H23ClO2S/c1-12-6-8-13(9-7-12)19(17,18)11-14(2,3)10-15(4,5)16/h6-9H,10-11H2,1-5H3. The van der Waals surface area contributed by atoms with Crippen molar-refractivity contribution in [2.75, 3.05) is 5.75 Å². The summed E-state index contributed by atoms with van der Waals surface area (Å²) in [6, 6.07) is 7.00. The van der Waals surface area contributed by atoms with Crippen LogP contribution in [0.4, 0.5) is 0 Å². The number of aryl methyl sites for hydroxylation is 1. The summed E-state index contributed by atoms with van der Waals surface area (Å²) in [5.41, 5.74) is 0.703. The molecule has 0 unspecified atom stereocenters. The van der Waals surface area contributed by atoms with Crippen LogP contribution >= 0.6 is 11.6 Å². The first kappa shape index (κ1) is 16.5. The quantitative estimate of drug-likeness (QED) is 0.764. The lowest BCUT2D eigenvalue weighted by Gasteiger charge is -2.30. The smallest absolute Gasteiger partial charge is 0.178 e. The van der Waals surface area contributed by atoms with Gasteiger partial charge in [0.25, 0.3) is 0 Å². The lowest BCUT2D eigenvalue weighted by Crippen LogP contribution is -2.30. The van der Waals surface area contributed by atoms with Gasteiger partial charge in [-0.2, -0.15) is 0 Å². The zero-order valence-corrected chi connectivity index (χ0v) is 13.9. The third kappa shape index (κ3) is 5.53. The van der Waals surface area contributed by atoms with Crippen LogP contribution in [0.1, 0.15) is 39.7 Å². The minimum Gasteiger partial charge on any atom is -0.224 e. The van der Waals surface area contributed by atoms with Crippen molar-refractivity contribution >= 4 is 21.4 Å². The highest BCUT2D eigenvalue weighted by molar-refractivity contribution is 7.91. The van der Waals surface area contributed by atoms with E-state index in [9.17, 15) is 8.42 Å². The zero-order valence-electron chi connectivity index (χ0n) is 12.3. The van der Waals surface area contributed by atoms with Crippen LogP contribution in [-0.2, 0) is 9.84 Å². The van der Waals surface area contributed by atoms with E-state index in [1.54, 1.807) is 12.1 Å². The first-order valence-corrected chi connectivity index (χ1v) is 8.43. The van der Waals surface area contributed by atoms with Gasteiger partial charge in [0, 0.05) is 4.87 Å². The van der Waals surface area contributed by atoms with Crippen molar-refractivity contribution in [1.29, 1.82) is 0 Å². The fourth-order valence-corrected chi connectivity index (χ4v) is 4.74. The Hall–Kier alpha value is -0.540.